The summed E-state index contributed by atoms with van der Waals surface area (Å²) in [6.45, 7) is 3.51. The molecule has 0 aliphatic heterocycles. The highest BCUT2D eigenvalue weighted by Crippen LogP contribution is 2.15. The number of nitrogens with one attached hydrogen (secondary N) is 1. The lowest BCUT2D eigenvalue weighted by atomic mass is 10.1. The van der Waals surface area contributed by atoms with Gasteiger partial charge in [0.25, 0.3) is 0 Å². The third-order valence-electron chi connectivity index (χ3n) is 2.85. The van der Waals surface area contributed by atoms with E-state index in [-0.39, 0.29) is 29.0 Å². The minimum absolute atomic E-state index is 0.0596. The van der Waals surface area contributed by atoms with E-state index in [1.54, 1.807) is 19.1 Å². The molecule has 1 atom stereocenters. The number of rotatable bonds is 6. The van der Waals surface area contributed by atoms with Crippen molar-refractivity contribution < 1.29 is 13.2 Å². The predicted octanol–water partition coefficient (Wildman–Crippen LogP) is 1.55. The van der Waals surface area contributed by atoms with Gasteiger partial charge in [-0.2, -0.15) is 0 Å². The lowest BCUT2D eigenvalue weighted by Gasteiger charge is -2.09. The normalized spacial score (nSPS) is 13.0. The fourth-order valence-corrected chi connectivity index (χ4v) is 2.39. The van der Waals surface area contributed by atoms with Gasteiger partial charge in [0.15, 0.2) is 9.84 Å². The van der Waals surface area contributed by atoms with E-state index in [4.69, 9.17) is 5.73 Å². The molecule has 0 aromatic heterocycles. The Morgan fingerprint density at radius 1 is 1.26 bits per heavy atom. The number of anilines is 1. The summed E-state index contributed by atoms with van der Waals surface area (Å²) in [5, 5.41) is 2.69. The molecule has 0 saturated heterocycles. The van der Waals surface area contributed by atoms with Gasteiger partial charge in [-0.3, -0.25) is 4.79 Å². The number of hydrogen-bond donors (Lipinski definition) is 2. The van der Waals surface area contributed by atoms with Crippen molar-refractivity contribution in [2.24, 2.45) is 5.73 Å². The van der Waals surface area contributed by atoms with Gasteiger partial charge in [0.2, 0.25) is 5.91 Å². The molecule has 0 spiro atoms. The van der Waals surface area contributed by atoms with Crippen molar-refractivity contribution in [3.05, 3.63) is 24.3 Å². The summed E-state index contributed by atoms with van der Waals surface area (Å²) in [5.41, 5.74) is 6.26. The first-order valence-electron chi connectivity index (χ1n) is 6.27. The van der Waals surface area contributed by atoms with Gasteiger partial charge in [0.05, 0.1) is 10.6 Å². The lowest BCUT2D eigenvalue weighted by molar-refractivity contribution is -0.116. The number of sulfone groups is 1. The molecule has 6 heteroatoms. The summed E-state index contributed by atoms with van der Waals surface area (Å²) in [6.07, 6.45) is 0.993. The van der Waals surface area contributed by atoms with Crippen LogP contribution in [0.1, 0.15) is 26.7 Å². The van der Waals surface area contributed by atoms with E-state index in [1.165, 1.54) is 12.1 Å². The predicted molar refractivity (Wildman–Crippen MR) is 75.7 cm³/mol. The smallest absolute Gasteiger partial charge is 0.225 e. The summed E-state index contributed by atoms with van der Waals surface area (Å²) in [6, 6.07) is 6.00. The third kappa shape index (κ3) is 4.65. The molecule has 5 nitrogen and oxygen atoms in total. The molecule has 0 aliphatic rings. The third-order valence-corrected chi connectivity index (χ3v) is 4.60. The second kappa shape index (κ2) is 6.68. The van der Waals surface area contributed by atoms with Gasteiger partial charge in [-0.15, -0.1) is 0 Å². The van der Waals surface area contributed by atoms with E-state index in [1.807, 2.05) is 6.92 Å². The Kier molecular flexibility index (Phi) is 5.50. The second-order valence-corrected chi connectivity index (χ2v) is 6.63. The maximum Gasteiger partial charge on any atom is 0.225 e. The summed E-state index contributed by atoms with van der Waals surface area (Å²) in [7, 11) is -3.20. The number of carbonyl (C=O) groups excluding carboxylic acids is 1. The Hall–Kier alpha value is -1.40. The van der Waals surface area contributed by atoms with Crippen LogP contribution in [-0.4, -0.2) is 26.1 Å². The summed E-state index contributed by atoms with van der Waals surface area (Å²) < 4.78 is 23.2. The molecule has 19 heavy (non-hydrogen) atoms. The molecule has 0 fully saturated rings. The van der Waals surface area contributed by atoms with Gasteiger partial charge in [-0.25, -0.2) is 8.42 Å². The fourth-order valence-electron chi connectivity index (χ4n) is 1.51. The number of hydrogen-bond acceptors (Lipinski definition) is 4. The van der Waals surface area contributed by atoms with Gasteiger partial charge in [-0.05, 0) is 30.7 Å². The molecule has 1 aromatic rings. The molecule has 1 aromatic carbocycles. The Morgan fingerprint density at radius 2 is 1.84 bits per heavy atom. The SMILES string of the molecule is CCC(N)CC(=O)Nc1ccc(S(=O)(=O)CC)cc1. The first kappa shape index (κ1) is 15.7. The quantitative estimate of drug-likeness (QED) is 0.829. The van der Waals surface area contributed by atoms with E-state index >= 15 is 0 Å². The van der Waals surface area contributed by atoms with Crippen molar-refractivity contribution >= 4 is 21.4 Å². The molecule has 1 unspecified atom stereocenters. The monoisotopic (exact) mass is 284 g/mol. The van der Waals surface area contributed by atoms with Gasteiger partial charge in [0.1, 0.15) is 0 Å². The minimum Gasteiger partial charge on any atom is -0.327 e. The zero-order valence-corrected chi connectivity index (χ0v) is 12.0. The standard InChI is InChI=1S/C13H20N2O3S/c1-3-10(14)9-13(16)15-11-5-7-12(8-6-11)19(17,18)4-2/h5-8,10H,3-4,9,14H2,1-2H3,(H,15,16). The highest BCUT2D eigenvalue weighted by atomic mass is 32.2. The van der Waals surface area contributed by atoms with Crippen LogP contribution in [0, 0.1) is 0 Å². The summed E-state index contributed by atoms with van der Waals surface area (Å²) in [4.78, 5) is 11.9. The summed E-state index contributed by atoms with van der Waals surface area (Å²) >= 11 is 0. The van der Waals surface area contributed by atoms with Crippen LogP contribution in [0.2, 0.25) is 0 Å². The van der Waals surface area contributed by atoms with Crippen molar-refractivity contribution in [1.82, 2.24) is 0 Å². The van der Waals surface area contributed by atoms with E-state index in [2.05, 4.69) is 5.32 Å². The van der Waals surface area contributed by atoms with Crippen molar-refractivity contribution in [2.75, 3.05) is 11.1 Å². The van der Waals surface area contributed by atoms with Gasteiger partial charge < -0.3 is 11.1 Å². The maximum atomic E-state index is 11.6. The van der Waals surface area contributed by atoms with Crippen LogP contribution >= 0.6 is 0 Å². The molecule has 3 N–H and O–H groups in total. The molecule has 1 amide bonds. The van der Waals surface area contributed by atoms with Crippen LogP contribution in [0.5, 0.6) is 0 Å². The molecular formula is C13H20N2O3S. The van der Waals surface area contributed by atoms with Gasteiger partial charge in [-0.1, -0.05) is 13.8 Å². The van der Waals surface area contributed by atoms with Crippen LogP contribution in [-0.2, 0) is 14.6 Å². The average molecular weight is 284 g/mol. The molecule has 106 valence electrons. The zero-order valence-electron chi connectivity index (χ0n) is 11.2. The lowest BCUT2D eigenvalue weighted by Crippen LogP contribution is -2.26. The first-order chi connectivity index (χ1) is 8.89. The first-order valence-corrected chi connectivity index (χ1v) is 7.92. The van der Waals surface area contributed by atoms with Crippen LogP contribution in [0.25, 0.3) is 0 Å². The van der Waals surface area contributed by atoms with Crippen LogP contribution in [0.3, 0.4) is 0 Å². The van der Waals surface area contributed by atoms with Crippen molar-refractivity contribution in [2.45, 2.75) is 37.6 Å². The second-order valence-electron chi connectivity index (χ2n) is 4.35. The number of benzene rings is 1. The Labute approximate surface area is 114 Å². The molecule has 0 aliphatic carbocycles. The minimum atomic E-state index is -3.20. The van der Waals surface area contributed by atoms with Crippen molar-refractivity contribution in [3.63, 3.8) is 0 Å². The highest BCUT2D eigenvalue weighted by Gasteiger charge is 2.12. The molecule has 0 heterocycles. The van der Waals surface area contributed by atoms with E-state index in [0.29, 0.717) is 5.69 Å². The van der Waals surface area contributed by atoms with E-state index in [0.717, 1.165) is 6.42 Å². The Morgan fingerprint density at radius 3 is 2.32 bits per heavy atom. The Bertz CT molecular complexity index is 523. The van der Waals surface area contributed by atoms with Crippen LogP contribution in [0.4, 0.5) is 5.69 Å². The molecule has 0 bridgehead atoms. The van der Waals surface area contributed by atoms with Gasteiger partial charge >= 0.3 is 0 Å². The van der Waals surface area contributed by atoms with Crippen molar-refractivity contribution in [3.8, 4) is 0 Å². The van der Waals surface area contributed by atoms with Crippen LogP contribution < -0.4 is 11.1 Å². The van der Waals surface area contributed by atoms with Gasteiger partial charge in [0, 0.05) is 18.2 Å². The van der Waals surface area contributed by atoms with E-state index < -0.39 is 9.84 Å². The van der Waals surface area contributed by atoms with Crippen molar-refractivity contribution in [1.29, 1.82) is 0 Å². The molecule has 0 radical (unpaired) electrons. The number of amides is 1. The molecule has 0 saturated carbocycles. The fraction of sp³-hybridized carbons (Fsp3) is 0.462. The average Bonchev–Trinajstić information content (AvgIpc) is 2.39. The highest BCUT2D eigenvalue weighted by molar-refractivity contribution is 7.91. The van der Waals surface area contributed by atoms with E-state index in [9.17, 15) is 13.2 Å². The Balaban J connectivity index is 2.70. The maximum absolute atomic E-state index is 11.6. The number of carbonyl (C=O) groups is 1. The topological polar surface area (TPSA) is 89.3 Å². The molecule has 1 rings (SSSR count). The molecular weight excluding hydrogens is 264 g/mol. The zero-order chi connectivity index (χ0) is 14.5. The summed E-state index contributed by atoms with van der Waals surface area (Å²) in [5.74, 6) is -0.107. The largest absolute Gasteiger partial charge is 0.327 e. The van der Waals surface area contributed by atoms with Crippen LogP contribution in [0.15, 0.2) is 29.2 Å². The number of nitrogens with two attached hydrogens (primary N) is 1.